The van der Waals surface area contributed by atoms with Crippen LogP contribution in [0, 0.1) is 0 Å². The topological polar surface area (TPSA) is 21.3 Å². The van der Waals surface area contributed by atoms with Crippen molar-refractivity contribution in [2.45, 2.75) is 32.7 Å². The van der Waals surface area contributed by atoms with Gasteiger partial charge < -0.3 is 10.1 Å². The molecule has 17 heavy (non-hydrogen) atoms. The van der Waals surface area contributed by atoms with Gasteiger partial charge in [0.2, 0.25) is 0 Å². The Morgan fingerprint density at radius 2 is 2.06 bits per heavy atom. The monoisotopic (exact) mass is 233 g/mol. The first kappa shape index (κ1) is 13.8. The number of benzene rings is 1. The predicted molar refractivity (Wildman–Crippen MR) is 73.5 cm³/mol. The maximum Gasteiger partial charge on any atom is 0.123 e. The van der Waals surface area contributed by atoms with E-state index in [1.54, 1.807) is 7.11 Å². The van der Waals surface area contributed by atoms with Crippen molar-refractivity contribution in [3.8, 4) is 5.75 Å². The van der Waals surface area contributed by atoms with Gasteiger partial charge in [0.05, 0.1) is 7.11 Å². The Morgan fingerprint density at radius 3 is 2.65 bits per heavy atom. The summed E-state index contributed by atoms with van der Waals surface area (Å²) in [5, 5.41) is 3.50. The quantitative estimate of drug-likeness (QED) is 0.725. The Kier molecular flexibility index (Phi) is 5.78. The Balaban J connectivity index is 2.91. The lowest BCUT2D eigenvalue weighted by Crippen LogP contribution is -2.21. The number of hydrogen-bond acceptors (Lipinski definition) is 2. The number of hydrogen-bond donors (Lipinski definition) is 1. The molecular weight excluding hydrogens is 210 g/mol. The molecule has 0 bridgehead atoms. The molecule has 0 saturated carbocycles. The van der Waals surface area contributed by atoms with E-state index in [1.807, 2.05) is 12.1 Å². The number of para-hydroxylation sites is 1. The first-order chi connectivity index (χ1) is 8.22. The van der Waals surface area contributed by atoms with Gasteiger partial charge in [0.15, 0.2) is 0 Å². The maximum atomic E-state index is 5.42. The zero-order chi connectivity index (χ0) is 12.7. The molecule has 0 amide bonds. The zero-order valence-electron chi connectivity index (χ0n) is 11.1. The Morgan fingerprint density at radius 1 is 1.35 bits per heavy atom. The van der Waals surface area contributed by atoms with Crippen molar-refractivity contribution in [2.75, 3.05) is 13.7 Å². The van der Waals surface area contributed by atoms with E-state index in [1.165, 1.54) is 11.1 Å². The lowest BCUT2D eigenvalue weighted by atomic mass is 9.97. The number of rotatable bonds is 7. The van der Waals surface area contributed by atoms with Gasteiger partial charge in [0, 0.05) is 11.6 Å². The van der Waals surface area contributed by atoms with Gasteiger partial charge in [0.1, 0.15) is 5.75 Å². The fraction of sp³-hybridized carbons (Fsp3) is 0.467. The van der Waals surface area contributed by atoms with Crippen LogP contribution in [0.5, 0.6) is 5.75 Å². The van der Waals surface area contributed by atoms with E-state index in [4.69, 9.17) is 4.74 Å². The van der Waals surface area contributed by atoms with Crippen molar-refractivity contribution >= 4 is 0 Å². The lowest BCUT2D eigenvalue weighted by Gasteiger charge is -2.21. The summed E-state index contributed by atoms with van der Waals surface area (Å²) in [5.41, 5.74) is 2.48. The second kappa shape index (κ2) is 7.13. The SMILES string of the molecule is C=C(CC)CC(NCC)c1ccccc1OC. The molecule has 0 aliphatic heterocycles. The molecule has 0 spiro atoms. The van der Waals surface area contributed by atoms with Crippen molar-refractivity contribution in [3.63, 3.8) is 0 Å². The van der Waals surface area contributed by atoms with Crippen LogP contribution in [0.4, 0.5) is 0 Å². The van der Waals surface area contributed by atoms with Crippen LogP contribution in [-0.4, -0.2) is 13.7 Å². The second-order valence-electron chi connectivity index (χ2n) is 4.16. The molecular formula is C15H23NO. The standard InChI is InChI=1S/C15H23NO/c1-5-12(3)11-14(16-6-2)13-9-7-8-10-15(13)17-4/h7-10,14,16H,3,5-6,11H2,1-2,4H3. The van der Waals surface area contributed by atoms with E-state index in [2.05, 4.69) is 37.9 Å². The van der Waals surface area contributed by atoms with Gasteiger partial charge in [-0.3, -0.25) is 0 Å². The minimum Gasteiger partial charge on any atom is -0.496 e. The zero-order valence-corrected chi connectivity index (χ0v) is 11.1. The highest BCUT2D eigenvalue weighted by Crippen LogP contribution is 2.29. The van der Waals surface area contributed by atoms with Gasteiger partial charge in [-0.2, -0.15) is 0 Å². The first-order valence-electron chi connectivity index (χ1n) is 6.25. The number of ether oxygens (including phenoxy) is 1. The largest absolute Gasteiger partial charge is 0.496 e. The molecule has 1 rings (SSSR count). The van der Waals surface area contributed by atoms with Gasteiger partial charge in [-0.25, -0.2) is 0 Å². The summed E-state index contributed by atoms with van der Waals surface area (Å²) in [4.78, 5) is 0. The third-order valence-electron chi connectivity index (χ3n) is 2.96. The molecule has 0 fully saturated rings. The van der Waals surface area contributed by atoms with E-state index in [-0.39, 0.29) is 0 Å². The van der Waals surface area contributed by atoms with Crippen molar-refractivity contribution in [3.05, 3.63) is 42.0 Å². The highest BCUT2D eigenvalue weighted by Gasteiger charge is 2.15. The van der Waals surface area contributed by atoms with Crippen LogP contribution in [0.2, 0.25) is 0 Å². The van der Waals surface area contributed by atoms with Crippen LogP contribution in [-0.2, 0) is 0 Å². The van der Waals surface area contributed by atoms with Crippen LogP contribution in [0.15, 0.2) is 36.4 Å². The second-order valence-corrected chi connectivity index (χ2v) is 4.16. The van der Waals surface area contributed by atoms with Gasteiger partial charge in [-0.1, -0.05) is 44.2 Å². The van der Waals surface area contributed by atoms with E-state index in [0.717, 1.165) is 25.1 Å². The van der Waals surface area contributed by atoms with E-state index >= 15 is 0 Å². The van der Waals surface area contributed by atoms with Gasteiger partial charge in [-0.15, -0.1) is 0 Å². The Hall–Kier alpha value is -1.28. The number of nitrogens with one attached hydrogen (secondary N) is 1. The molecule has 1 aromatic carbocycles. The first-order valence-corrected chi connectivity index (χ1v) is 6.25. The van der Waals surface area contributed by atoms with E-state index in [9.17, 15) is 0 Å². The third-order valence-corrected chi connectivity index (χ3v) is 2.96. The molecule has 0 saturated heterocycles. The van der Waals surface area contributed by atoms with Gasteiger partial charge >= 0.3 is 0 Å². The van der Waals surface area contributed by atoms with Crippen LogP contribution in [0.1, 0.15) is 38.3 Å². The summed E-state index contributed by atoms with van der Waals surface area (Å²) in [6, 6.07) is 8.48. The summed E-state index contributed by atoms with van der Waals surface area (Å²) in [6.07, 6.45) is 1.99. The maximum absolute atomic E-state index is 5.42. The molecule has 0 aromatic heterocycles. The highest BCUT2D eigenvalue weighted by atomic mass is 16.5. The molecule has 1 N–H and O–H groups in total. The van der Waals surface area contributed by atoms with Crippen molar-refractivity contribution in [1.29, 1.82) is 0 Å². The molecule has 0 aliphatic rings. The molecule has 2 nitrogen and oxygen atoms in total. The molecule has 94 valence electrons. The highest BCUT2D eigenvalue weighted by molar-refractivity contribution is 5.36. The molecule has 0 heterocycles. The summed E-state index contributed by atoms with van der Waals surface area (Å²) in [7, 11) is 1.72. The minimum absolute atomic E-state index is 0.295. The smallest absolute Gasteiger partial charge is 0.123 e. The molecule has 1 atom stereocenters. The summed E-state index contributed by atoms with van der Waals surface area (Å²) >= 11 is 0. The molecule has 1 aromatic rings. The molecule has 1 unspecified atom stereocenters. The average molecular weight is 233 g/mol. The van der Waals surface area contributed by atoms with E-state index < -0.39 is 0 Å². The van der Waals surface area contributed by atoms with Crippen molar-refractivity contribution in [1.82, 2.24) is 5.32 Å². The molecule has 0 radical (unpaired) electrons. The summed E-state index contributed by atoms with van der Waals surface area (Å²) in [5.74, 6) is 0.947. The van der Waals surface area contributed by atoms with Crippen LogP contribution in [0.3, 0.4) is 0 Å². The third kappa shape index (κ3) is 3.90. The molecule has 2 heteroatoms. The number of methoxy groups -OCH3 is 1. The average Bonchev–Trinajstić information content (AvgIpc) is 2.38. The Labute approximate surface area is 105 Å². The predicted octanol–water partition coefficient (Wildman–Crippen LogP) is 3.70. The Bertz CT molecular complexity index is 360. The fourth-order valence-corrected chi connectivity index (χ4v) is 1.93. The minimum atomic E-state index is 0.295. The van der Waals surface area contributed by atoms with Crippen LogP contribution in [0.25, 0.3) is 0 Å². The fourth-order valence-electron chi connectivity index (χ4n) is 1.93. The van der Waals surface area contributed by atoms with Gasteiger partial charge in [0.25, 0.3) is 0 Å². The summed E-state index contributed by atoms with van der Waals surface area (Å²) < 4.78 is 5.42. The van der Waals surface area contributed by atoms with E-state index in [0.29, 0.717) is 6.04 Å². The van der Waals surface area contributed by atoms with Crippen LogP contribution < -0.4 is 10.1 Å². The lowest BCUT2D eigenvalue weighted by molar-refractivity contribution is 0.399. The van der Waals surface area contributed by atoms with Crippen molar-refractivity contribution in [2.24, 2.45) is 0 Å². The molecule has 0 aliphatic carbocycles. The van der Waals surface area contributed by atoms with Gasteiger partial charge in [-0.05, 0) is 25.5 Å². The van der Waals surface area contributed by atoms with Crippen LogP contribution >= 0.6 is 0 Å². The normalized spacial score (nSPS) is 12.2. The summed E-state index contributed by atoms with van der Waals surface area (Å²) in [6.45, 7) is 9.31. The van der Waals surface area contributed by atoms with Crippen molar-refractivity contribution < 1.29 is 4.74 Å².